The van der Waals surface area contributed by atoms with Crippen LogP contribution in [-0.4, -0.2) is 6.04 Å². The molecule has 0 saturated carbocycles. The molecular formula is C8H14N2S. The van der Waals surface area contributed by atoms with Gasteiger partial charge in [-0.3, -0.25) is 0 Å². The Bertz CT molecular complexity index is 214. The molecule has 0 aliphatic carbocycles. The molecule has 11 heavy (non-hydrogen) atoms. The van der Waals surface area contributed by atoms with Crippen molar-refractivity contribution in [1.29, 1.82) is 0 Å². The van der Waals surface area contributed by atoms with Gasteiger partial charge in [-0.15, -0.1) is 0 Å². The first-order chi connectivity index (χ1) is 5.05. The van der Waals surface area contributed by atoms with Gasteiger partial charge in [-0.2, -0.15) is 11.3 Å². The molecule has 0 amide bonds. The minimum atomic E-state index is -0.389. The van der Waals surface area contributed by atoms with Crippen LogP contribution in [0.25, 0.3) is 0 Å². The standard InChI is InChI=1S/C8H14N2S/c1-6(9)8(2,10)7-3-4-11-5-7/h3-6H,9-10H2,1-2H3. The summed E-state index contributed by atoms with van der Waals surface area (Å²) in [4.78, 5) is 0. The van der Waals surface area contributed by atoms with Crippen LogP contribution in [0.3, 0.4) is 0 Å². The van der Waals surface area contributed by atoms with E-state index >= 15 is 0 Å². The zero-order valence-corrected chi connectivity index (χ0v) is 7.69. The third-order valence-corrected chi connectivity index (χ3v) is 2.77. The van der Waals surface area contributed by atoms with Gasteiger partial charge in [-0.05, 0) is 36.2 Å². The first kappa shape index (κ1) is 8.71. The SMILES string of the molecule is CC(N)C(C)(N)c1ccsc1. The van der Waals surface area contributed by atoms with Crippen molar-refractivity contribution < 1.29 is 0 Å². The fraction of sp³-hybridized carbons (Fsp3) is 0.500. The lowest BCUT2D eigenvalue weighted by atomic mass is 9.89. The molecule has 0 aliphatic heterocycles. The maximum atomic E-state index is 6.01. The van der Waals surface area contributed by atoms with Crippen molar-refractivity contribution >= 4 is 11.3 Å². The summed E-state index contributed by atoms with van der Waals surface area (Å²) < 4.78 is 0. The lowest BCUT2D eigenvalue weighted by Gasteiger charge is -2.27. The Kier molecular flexibility index (Phi) is 2.32. The first-order valence-corrected chi connectivity index (χ1v) is 4.56. The minimum absolute atomic E-state index is 0.0166. The highest BCUT2D eigenvalue weighted by Gasteiger charge is 2.25. The van der Waals surface area contributed by atoms with Crippen molar-refractivity contribution in [1.82, 2.24) is 0 Å². The molecule has 0 radical (unpaired) electrons. The molecule has 0 spiro atoms. The molecular weight excluding hydrogens is 156 g/mol. The van der Waals surface area contributed by atoms with Gasteiger partial charge in [0.1, 0.15) is 0 Å². The Morgan fingerprint density at radius 2 is 2.27 bits per heavy atom. The Hall–Kier alpha value is -0.380. The van der Waals surface area contributed by atoms with Crippen LogP contribution >= 0.6 is 11.3 Å². The van der Waals surface area contributed by atoms with Crippen molar-refractivity contribution in [2.75, 3.05) is 0 Å². The van der Waals surface area contributed by atoms with E-state index in [1.54, 1.807) is 11.3 Å². The van der Waals surface area contributed by atoms with Crippen molar-refractivity contribution in [3.63, 3.8) is 0 Å². The van der Waals surface area contributed by atoms with Gasteiger partial charge in [-0.1, -0.05) is 0 Å². The fourth-order valence-electron chi connectivity index (χ4n) is 0.834. The van der Waals surface area contributed by atoms with Crippen molar-refractivity contribution in [2.45, 2.75) is 25.4 Å². The molecule has 2 nitrogen and oxygen atoms in total. The molecule has 1 rings (SSSR count). The molecule has 1 aromatic rings. The third kappa shape index (κ3) is 1.61. The van der Waals surface area contributed by atoms with Gasteiger partial charge in [0, 0.05) is 6.04 Å². The predicted molar refractivity (Wildman–Crippen MR) is 49.5 cm³/mol. The molecule has 2 unspecified atom stereocenters. The Balaban J connectivity index is 2.90. The zero-order valence-electron chi connectivity index (χ0n) is 6.87. The molecule has 2 atom stereocenters. The number of hydrogen-bond donors (Lipinski definition) is 2. The van der Waals surface area contributed by atoms with Gasteiger partial charge < -0.3 is 11.5 Å². The monoisotopic (exact) mass is 170 g/mol. The molecule has 4 N–H and O–H groups in total. The highest BCUT2D eigenvalue weighted by Crippen LogP contribution is 2.22. The summed E-state index contributed by atoms with van der Waals surface area (Å²) >= 11 is 1.65. The van der Waals surface area contributed by atoms with Crippen LogP contribution in [-0.2, 0) is 5.54 Å². The van der Waals surface area contributed by atoms with Crippen molar-refractivity contribution in [3.05, 3.63) is 22.4 Å². The summed E-state index contributed by atoms with van der Waals surface area (Å²) in [5, 5.41) is 4.06. The van der Waals surface area contributed by atoms with Crippen LogP contribution in [0.5, 0.6) is 0 Å². The van der Waals surface area contributed by atoms with E-state index in [1.165, 1.54) is 0 Å². The van der Waals surface area contributed by atoms with E-state index in [-0.39, 0.29) is 11.6 Å². The van der Waals surface area contributed by atoms with Crippen LogP contribution < -0.4 is 11.5 Å². The van der Waals surface area contributed by atoms with Gasteiger partial charge in [0.05, 0.1) is 5.54 Å². The molecule has 3 heteroatoms. The molecule has 0 bridgehead atoms. The summed E-state index contributed by atoms with van der Waals surface area (Å²) in [7, 11) is 0. The highest BCUT2D eigenvalue weighted by molar-refractivity contribution is 7.08. The molecule has 1 aromatic heterocycles. The van der Waals surface area contributed by atoms with Crippen LogP contribution in [0.2, 0.25) is 0 Å². The van der Waals surface area contributed by atoms with E-state index in [2.05, 4.69) is 0 Å². The molecule has 62 valence electrons. The largest absolute Gasteiger partial charge is 0.326 e. The molecule has 0 aromatic carbocycles. The summed E-state index contributed by atoms with van der Waals surface area (Å²) in [6, 6.07) is 2.01. The average Bonchev–Trinajstić information content (AvgIpc) is 2.37. The van der Waals surface area contributed by atoms with Gasteiger partial charge in [-0.25, -0.2) is 0 Å². The van der Waals surface area contributed by atoms with Crippen molar-refractivity contribution in [2.24, 2.45) is 11.5 Å². The normalized spacial score (nSPS) is 19.3. The van der Waals surface area contributed by atoms with E-state index in [1.807, 2.05) is 30.7 Å². The third-order valence-electron chi connectivity index (χ3n) is 2.09. The maximum Gasteiger partial charge on any atom is 0.0539 e. The Morgan fingerprint density at radius 3 is 2.64 bits per heavy atom. The first-order valence-electron chi connectivity index (χ1n) is 3.62. The summed E-state index contributed by atoms with van der Waals surface area (Å²) in [6.07, 6.45) is 0. The van der Waals surface area contributed by atoms with Gasteiger partial charge >= 0.3 is 0 Å². The average molecular weight is 170 g/mol. The van der Waals surface area contributed by atoms with Gasteiger partial charge in [0.15, 0.2) is 0 Å². The summed E-state index contributed by atoms with van der Waals surface area (Å²) in [5.41, 5.74) is 12.5. The van der Waals surface area contributed by atoms with E-state index in [0.29, 0.717) is 0 Å². The summed E-state index contributed by atoms with van der Waals surface area (Å²) in [5.74, 6) is 0. The molecule has 1 heterocycles. The van der Waals surface area contributed by atoms with E-state index in [4.69, 9.17) is 11.5 Å². The topological polar surface area (TPSA) is 52.0 Å². The highest BCUT2D eigenvalue weighted by atomic mass is 32.1. The van der Waals surface area contributed by atoms with Crippen LogP contribution in [0.15, 0.2) is 16.8 Å². The molecule has 0 saturated heterocycles. The fourth-order valence-corrected chi connectivity index (χ4v) is 1.62. The lowest BCUT2D eigenvalue weighted by molar-refractivity contribution is 0.411. The second-order valence-electron chi connectivity index (χ2n) is 3.08. The van der Waals surface area contributed by atoms with E-state index in [0.717, 1.165) is 5.56 Å². The molecule has 0 fully saturated rings. The zero-order chi connectivity index (χ0) is 8.48. The Labute approximate surface area is 71.2 Å². The second kappa shape index (κ2) is 2.93. The predicted octanol–water partition coefficient (Wildman–Crippen LogP) is 1.27. The van der Waals surface area contributed by atoms with Crippen LogP contribution in [0.1, 0.15) is 19.4 Å². The lowest BCUT2D eigenvalue weighted by Crippen LogP contribution is -2.48. The van der Waals surface area contributed by atoms with Gasteiger partial charge in [0.25, 0.3) is 0 Å². The Morgan fingerprint density at radius 1 is 1.64 bits per heavy atom. The number of nitrogens with two attached hydrogens (primary N) is 2. The molecule has 0 aliphatic rings. The minimum Gasteiger partial charge on any atom is -0.326 e. The summed E-state index contributed by atoms with van der Waals surface area (Å²) in [6.45, 7) is 3.89. The van der Waals surface area contributed by atoms with Crippen LogP contribution in [0.4, 0.5) is 0 Å². The van der Waals surface area contributed by atoms with Crippen molar-refractivity contribution in [3.8, 4) is 0 Å². The number of rotatable bonds is 2. The maximum absolute atomic E-state index is 6.01. The van der Waals surface area contributed by atoms with E-state index in [9.17, 15) is 0 Å². The smallest absolute Gasteiger partial charge is 0.0539 e. The number of hydrogen-bond acceptors (Lipinski definition) is 3. The quantitative estimate of drug-likeness (QED) is 0.702. The number of thiophene rings is 1. The van der Waals surface area contributed by atoms with Gasteiger partial charge in [0.2, 0.25) is 0 Å². The second-order valence-corrected chi connectivity index (χ2v) is 3.86. The van der Waals surface area contributed by atoms with E-state index < -0.39 is 0 Å². The van der Waals surface area contributed by atoms with Crippen LogP contribution in [0, 0.1) is 0 Å².